The van der Waals surface area contributed by atoms with Crippen molar-refractivity contribution in [2.24, 2.45) is 0 Å². The number of fused-ring (bicyclic) bond motifs is 3. The van der Waals surface area contributed by atoms with E-state index < -0.39 is 0 Å². The Bertz CT molecular complexity index is 1020. The fourth-order valence-corrected chi connectivity index (χ4v) is 2.96. The molecule has 0 aliphatic heterocycles. The minimum atomic E-state index is 0.565. The molecule has 0 atom stereocenters. The van der Waals surface area contributed by atoms with E-state index in [1.165, 1.54) is 0 Å². The molecule has 114 valence electrons. The standard InChI is InChI=1S/C18H16N4O/c1-11-16-12(2)20-17(13-7-5-4-6-8-13)22(16)18-14(19-11)9-10-15(21-18)23-3/h4-10H,1-3H3. The average Bonchev–Trinajstić information content (AvgIpc) is 2.94. The SMILES string of the molecule is COc1ccc2nc(C)c3c(C)nc(-c4ccccc4)n3c2n1. The molecule has 0 N–H and O–H groups in total. The van der Waals surface area contributed by atoms with Crippen LogP contribution in [0, 0.1) is 13.8 Å². The summed E-state index contributed by atoms with van der Waals surface area (Å²) >= 11 is 0. The maximum atomic E-state index is 5.28. The highest BCUT2D eigenvalue weighted by atomic mass is 16.5. The van der Waals surface area contributed by atoms with Crippen molar-refractivity contribution in [3.05, 3.63) is 53.9 Å². The molecule has 3 aromatic heterocycles. The fraction of sp³-hybridized carbons (Fsp3) is 0.167. The van der Waals surface area contributed by atoms with Crippen LogP contribution in [0.15, 0.2) is 42.5 Å². The first-order valence-corrected chi connectivity index (χ1v) is 7.45. The normalized spacial score (nSPS) is 11.3. The Morgan fingerprint density at radius 2 is 1.61 bits per heavy atom. The van der Waals surface area contributed by atoms with Crippen LogP contribution in [0.1, 0.15) is 11.4 Å². The van der Waals surface area contributed by atoms with Gasteiger partial charge in [0.05, 0.1) is 24.0 Å². The van der Waals surface area contributed by atoms with Crippen LogP contribution in [-0.4, -0.2) is 26.5 Å². The van der Waals surface area contributed by atoms with E-state index in [4.69, 9.17) is 9.72 Å². The Morgan fingerprint density at radius 1 is 0.870 bits per heavy atom. The summed E-state index contributed by atoms with van der Waals surface area (Å²) in [6.07, 6.45) is 0. The number of rotatable bonds is 2. The van der Waals surface area contributed by atoms with Crippen molar-refractivity contribution >= 4 is 16.7 Å². The van der Waals surface area contributed by atoms with Gasteiger partial charge in [-0.1, -0.05) is 30.3 Å². The monoisotopic (exact) mass is 304 g/mol. The highest BCUT2D eigenvalue weighted by molar-refractivity contribution is 5.81. The van der Waals surface area contributed by atoms with Gasteiger partial charge in [-0.2, -0.15) is 4.98 Å². The molecule has 0 fully saturated rings. The lowest BCUT2D eigenvalue weighted by atomic mass is 10.2. The number of nitrogens with zero attached hydrogens (tertiary/aromatic N) is 4. The molecular weight excluding hydrogens is 288 g/mol. The van der Waals surface area contributed by atoms with Crippen LogP contribution in [-0.2, 0) is 0 Å². The van der Waals surface area contributed by atoms with Gasteiger partial charge in [0.25, 0.3) is 0 Å². The predicted molar refractivity (Wildman–Crippen MR) is 89.8 cm³/mol. The molecule has 0 bridgehead atoms. The van der Waals surface area contributed by atoms with Crippen LogP contribution in [0.5, 0.6) is 5.88 Å². The minimum absolute atomic E-state index is 0.565. The highest BCUT2D eigenvalue weighted by Gasteiger charge is 2.17. The third-order valence-corrected chi connectivity index (χ3v) is 3.96. The van der Waals surface area contributed by atoms with Crippen molar-refractivity contribution in [3.63, 3.8) is 0 Å². The molecule has 0 unspecified atom stereocenters. The van der Waals surface area contributed by atoms with Gasteiger partial charge in [0.15, 0.2) is 5.65 Å². The molecule has 0 aliphatic carbocycles. The van der Waals surface area contributed by atoms with Crippen LogP contribution in [0.4, 0.5) is 0 Å². The largest absolute Gasteiger partial charge is 0.481 e. The summed E-state index contributed by atoms with van der Waals surface area (Å²) in [5.41, 5.74) is 5.51. The Hall–Kier alpha value is -2.95. The van der Waals surface area contributed by atoms with Gasteiger partial charge in [-0.3, -0.25) is 4.40 Å². The van der Waals surface area contributed by atoms with Crippen molar-refractivity contribution in [1.29, 1.82) is 0 Å². The number of hydrogen-bond donors (Lipinski definition) is 0. The molecule has 0 saturated heterocycles. The van der Waals surface area contributed by atoms with E-state index in [1.807, 2.05) is 44.2 Å². The van der Waals surface area contributed by atoms with Crippen LogP contribution in [0.2, 0.25) is 0 Å². The zero-order valence-electron chi connectivity index (χ0n) is 13.2. The van der Waals surface area contributed by atoms with Gasteiger partial charge in [0, 0.05) is 11.6 Å². The number of hydrogen-bond acceptors (Lipinski definition) is 4. The zero-order chi connectivity index (χ0) is 16.0. The molecule has 0 aliphatic rings. The molecule has 4 aromatic rings. The number of aromatic nitrogens is 4. The first-order chi connectivity index (χ1) is 11.2. The van der Waals surface area contributed by atoms with Gasteiger partial charge in [-0.25, -0.2) is 9.97 Å². The van der Waals surface area contributed by atoms with Gasteiger partial charge in [-0.15, -0.1) is 0 Å². The lowest BCUT2D eigenvalue weighted by Crippen LogP contribution is -2.00. The second-order valence-electron chi connectivity index (χ2n) is 5.46. The molecule has 5 nitrogen and oxygen atoms in total. The lowest BCUT2D eigenvalue weighted by molar-refractivity contribution is 0.399. The molecule has 4 rings (SSSR count). The maximum Gasteiger partial charge on any atom is 0.215 e. The highest BCUT2D eigenvalue weighted by Crippen LogP contribution is 2.28. The molecule has 0 amide bonds. The van der Waals surface area contributed by atoms with Gasteiger partial charge in [0.1, 0.15) is 11.3 Å². The topological polar surface area (TPSA) is 52.3 Å². The maximum absolute atomic E-state index is 5.28. The van der Waals surface area contributed by atoms with E-state index in [0.717, 1.165) is 39.5 Å². The number of imidazole rings is 1. The molecule has 0 spiro atoms. The van der Waals surface area contributed by atoms with E-state index in [9.17, 15) is 0 Å². The Morgan fingerprint density at radius 3 is 2.35 bits per heavy atom. The zero-order valence-corrected chi connectivity index (χ0v) is 13.2. The molecular formula is C18H16N4O. The van der Waals surface area contributed by atoms with E-state index in [1.54, 1.807) is 7.11 Å². The lowest BCUT2D eigenvalue weighted by Gasteiger charge is -2.08. The van der Waals surface area contributed by atoms with Gasteiger partial charge < -0.3 is 4.74 Å². The van der Waals surface area contributed by atoms with Gasteiger partial charge >= 0.3 is 0 Å². The second-order valence-corrected chi connectivity index (χ2v) is 5.46. The van der Waals surface area contributed by atoms with E-state index >= 15 is 0 Å². The molecule has 3 heterocycles. The number of pyridine rings is 1. The Labute approximate surface area is 133 Å². The van der Waals surface area contributed by atoms with Crippen LogP contribution in [0.3, 0.4) is 0 Å². The van der Waals surface area contributed by atoms with E-state index in [-0.39, 0.29) is 0 Å². The van der Waals surface area contributed by atoms with Crippen LogP contribution in [0.25, 0.3) is 28.1 Å². The van der Waals surface area contributed by atoms with Crippen LogP contribution >= 0.6 is 0 Å². The van der Waals surface area contributed by atoms with Gasteiger partial charge in [0.2, 0.25) is 5.88 Å². The van der Waals surface area contributed by atoms with Crippen molar-refractivity contribution in [2.75, 3.05) is 7.11 Å². The number of ether oxygens (including phenoxy) is 1. The average molecular weight is 304 g/mol. The van der Waals surface area contributed by atoms with Crippen LogP contribution < -0.4 is 4.74 Å². The Balaban J connectivity index is 2.20. The minimum Gasteiger partial charge on any atom is -0.481 e. The number of benzene rings is 1. The summed E-state index contributed by atoms with van der Waals surface area (Å²) < 4.78 is 7.36. The molecule has 5 heteroatoms. The molecule has 0 saturated carbocycles. The van der Waals surface area contributed by atoms with Crippen molar-refractivity contribution < 1.29 is 4.74 Å². The third kappa shape index (κ3) is 2.04. The predicted octanol–water partition coefficient (Wildman–Crippen LogP) is 3.57. The number of aryl methyl sites for hydroxylation is 2. The first-order valence-electron chi connectivity index (χ1n) is 7.45. The summed E-state index contributed by atoms with van der Waals surface area (Å²) in [6, 6.07) is 13.9. The summed E-state index contributed by atoms with van der Waals surface area (Å²) in [6.45, 7) is 4.00. The quantitative estimate of drug-likeness (QED) is 0.568. The van der Waals surface area contributed by atoms with Crippen molar-refractivity contribution in [1.82, 2.24) is 19.4 Å². The molecule has 1 aromatic carbocycles. The molecule has 0 radical (unpaired) electrons. The second kappa shape index (κ2) is 5.05. The van der Waals surface area contributed by atoms with Crippen molar-refractivity contribution in [3.8, 4) is 17.3 Å². The Kier molecular flexibility index (Phi) is 3.01. The first kappa shape index (κ1) is 13.7. The third-order valence-electron chi connectivity index (χ3n) is 3.96. The van der Waals surface area contributed by atoms with E-state index in [0.29, 0.717) is 5.88 Å². The van der Waals surface area contributed by atoms with Crippen molar-refractivity contribution in [2.45, 2.75) is 13.8 Å². The summed E-state index contributed by atoms with van der Waals surface area (Å²) in [7, 11) is 1.62. The summed E-state index contributed by atoms with van der Waals surface area (Å²) in [5, 5.41) is 0. The molecule has 23 heavy (non-hydrogen) atoms. The summed E-state index contributed by atoms with van der Waals surface area (Å²) in [5.74, 6) is 1.43. The number of methoxy groups -OCH3 is 1. The smallest absolute Gasteiger partial charge is 0.215 e. The van der Waals surface area contributed by atoms with E-state index in [2.05, 4.69) is 26.5 Å². The summed E-state index contributed by atoms with van der Waals surface area (Å²) in [4.78, 5) is 14.0. The fourth-order valence-electron chi connectivity index (χ4n) is 2.96. The van der Waals surface area contributed by atoms with Gasteiger partial charge in [-0.05, 0) is 19.9 Å².